The molecule has 0 atom stereocenters. The molecular weight excluding hydrogens is 256 g/mol. The Morgan fingerprint density at radius 1 is 1.33 bits per heavy atom. The maximum atomic E-state index is 8.94. The van der Waals surface area contributed by atoms with Gasteiger partial charge in [-0.3, -0.25) is 0 Å². The lowest BCUT2D eigenvalue weighted by Crippen LogP contribution is -1.98. The van der Waals surface area contributed by atoms with Crippen LogP contribution in [-0.4, -0.2) is 11.7 Å². The molecule has 0 saturated heterocycles. The van der Waals surface area contributed by atoms with Crippen molar-refractivity contribution in [2.45, 2.75) is 32.8 Å². The minimum absolute atomic E-state index is 0.0642. The zero-order chi connectivity index (χ0) is 11.1. The number of ether oxygens (including phenoxy) is 1. The van der Waals surface area contributed by atoms with Gasteiger partial charge in [-0.05, 0) is 40.0 Å². The molecule has 0 aliphatic carbocycles. The molecule has 0 aliphatic heterocycles. The summed E-state index contributed by atoms with van der Waals surface area (Å²) >= 11 is 3.42. The molecule has 3 heteroatoms. The fourth-order valence-corrected chi connectivity index (χ4v) is 1.83. The Morgan fingerprint density at radius 2 is 2.13 bits per heavy atom. The maximum absolute atomic E-state index is 8.94. The largest absolute Gasteiger partial charge is 0.492 e. The van der Waals surface area contributed by atoms with Crippen molar-refractivity contribution >= 4 is 15.9 Å². The van der Waals surface area contributed by atoms with Crippen LogP contribution in [0.15, 0.2) is 22.7 Å². The first-order valence-corrected chi connectivity index (χ1v) is 6.09. The summed E-state index contributed by atoms with van der Waals surface area (Å²) in [5.74, 6) is 0.850. The topological polar surface area (TPSA) is 29.5 Å². The fraction of sp³-hybridized carbons (Fsp3) is 0.500. The molecule has 2 nitrogen and oxygen atoms in total. The van der Waals surface area contributed by atoms with E-state index in [1.807, 2.05) is 18.2 Å². The molecule has 1 N–H and O–H groups in total. The molecule has 0 aromatic heterocycles. The van der Waals surface area contributed by atoms with Crippen LogP contribution in [0.5, 0.6) is 5.75 Å². The van der Waals surface area contributed by atoms with Gasteiger partial charge in [0.25, 0.3) is 0 Å². The van der Waals surface area contributed by atoms with E-state index in [-0.39, 0.29) is 6.61 Å². The summed E-state index contributed by atoms with van der Waals surface area (Å²) in [6.07, 6.45) is 3.49. The van der Waals surface area contributed by atoms with E-state index in [9.17, 15) is 0 Å². The number of rotatable bonds is 6. The summed E-state index contributed by atoms with van der Waals surface area (Å²) in [4.78, 5) is 0. The molecule has 0 radical (unpaired) electrons. The zero-order valence-corrected chi connectivity index (χ0v) is 10.6. The average Bonchev–Trinajstić information content (AvgIpc) is 2.26. The molecule has 0 amide bonds. The first-order chi connectivity index (χ1) is 7.27. The van der Waals surface area contributed by atoms with Gasteiger partial charge in [-0.15, -0.1) is 0 Å². The Balaban J connectivity index is 2.47. The molecule has 0 unspecified atom stereocenters. The van der Waals surface area contributed by atoms with Gasteiger partial charge in [0.2, 0.25) is 0 Å². The smallest absolute Gasteiger partial charge is 0.133 e. The molecule has 0 heterocycles. The molecule has 15 heavy (non-hydrogen) atoms. The second kappa shape index (κ2) is 6.85. The monoisotopic (exact) mass is 272 g/mol. The highest BCUT2D eigenvalue weighted by atomic mass is 79.9. The zero-order valence-electron chi connectivity index (χ0n) is 9.00. The van der Waals surface area contributed by atoms with Crippen LogP contribution >= 0.6 is 15.9 Å². The third-order valence-electron chi connectivity index (χ3n) is 2.18. The van der Waals surface area contributed by atoms with E-state index in [0.29, 0.717) is 0 Å². The molecular formula is C12H17BrO2. The molecule has 0 spiro atoms. The lowest BCUT2D eigenvalue weighted by Gasteiger charge is -2.08. The highest BCUT2D eigenvalue weighted by molar-refractivity contribution is 9.10. The van der Waals surface area contributed by atoms with Crippen LogP contribution in [-0.2, 0) is 6.61 Å². The highest BCUT2D eigenvalue weighted by Crippen LogP contribution is 2.26. The van der Waals surface area contributed by atoms with Gasteiger partial charge in [-0.1, -0.05) is 25.8 Å². The summed E-state index contributed by atoms with van der Waals surface area (Å²) in [5, 5.41) is 8.94. The van der Waals surface area contributed by atoms with Crippen LogP contribution in [0.1, 0.15) is 31.7 Å². The minimum atomic E-state index is 0.0642. The van der Waals surface area contributed by atoms with Crippen LogP contribution in [0, 0.1) is 0 Å². The van der Waals surface area contributed by atoms with Crippen LogP contribution in [0.25, 0.3) is 0 Å². The first kappa shape index (κ1) is 12.5. The van der Waals surface area contributed by atoms with E-state index in [0.717, 1.165) is 28.8 Å². The first-order valence-electron chi connectivity index (χ1n) is 5.30. The van der Waals surface area contributed by atoms with Gasteiger partial charge in [-0.2, -0.15) is 0 Å². The molecule has 0 saturated carbocycles. The van der Waals surface area contributed by atoms with E-state index in [1.165, 1.54) is 12.8 Å². The quantitative estimate of drug-likeness (QED) is 0.804. The minimum Gasteiger partial charge on any atom is -0.492 e. The average molecular weight is 273 g/mol. The number of unbranched alkanes of at least 4 members (excludes halogenated alkanes) is 2. The maximum Gasteiger partial charge on any atom is 0.133 e. The van der Waals surface area contributed by atoms with Gasteiger partial charge in [0, 0.05) is 0 Å². The van der Waals surface area contributed by atoms with Crippen molar-refractivity contribution in [2.24, 2.45) is 0 Å². The highest BCUT2D eigenvalue weighted by Gasteiger charge is 2.01. The van der Waals surface area contributed by atoms with Crippen molar-refractivity contribution < 1.29 is 9.84 Å². The molecule has 0 bridgehead atoms. The summed E-state index contributed by atoms with van der Waals surface area (Å²) in [6.45, 7) is 2.99. The van der Waals surface area contributed by atoms with Crippen molar-refractivity contribution in [3.63, 3.8) is 0 Å². The lowest BCUT2D eigenvalue weighted by molar-refractivity contribution is 0.280. The summed E-state index contributed by atoms with van der Waals surface area (Å²) in [7, 11) is 0. The number of hydrogen-bond donors (Lipinski definition) is 1. The predicted octanol–water partition coefficient (Wildman–Crippen LogP) is 3.51. The molecule has 0 fully saturated rings. The van der Waals surface area contributed by atoms with E-state index in [4.69, 9.17) is 9.84 Å². The Labute approximate surface area is 99.4 Å². The van der Waals surface area contributed by atoms with E-state index >= 15 is 0 Å². The van der Waals surface area contributed by atoms with Gasteiger partial charge in [0.15, 0.2) is 0 Å². The second-order valence-corrected chi connectivity index (χ2v) is 4.33. The van der Waals surface area contributed by atoms with Crippen LogP contribution < -0.4 is 4.74 Å². The van der Waals surface area contributed by atoms with Gasteiger partial charge in [0.05, 0.1) is 17.7 Å². The van der Waals surface area contributed by atoms with E-state index in [2.05, 4.69) is 22.9 Å². The summed E-state index contributed by atoms with van der Waals surface area (Å²) < 4.78 is 6.52. The molecule has 1 aromatic carbocycles. The van der Waals surface area contributed by atoms with Crippen molar-refractivity contribution in [1.29, 1.82) is 0 Å². The second-order valence-electron chi connectivity index (χ2n) is 3.48. The van der Waals surface area contributed by atoms with Crippen LogP contribution in [0.2, 0.25) is 0 Å². The Kier molecular flexibility index (Phi) is 5.73. The summed E-state index contributed by atoms with van der Waals surface area (Å²) in [6, 6.07) is 5.65. The van der Waals surface area contributed by atoms with Crippen LogP contribution in [0.4, 0.5) is 0 Å². The number of benzene rings is 1. The van der Waals surface area contributed by atoms with Crippen molar-refractivity contribution in [3.05, 3.63) is 28.2 Å². The number of aliphatic hydroxyl groups excluding tert-OH is 1. The third-order valence-corrected chi connectivity index (χ3v) is 2.80. The Bertz CT molecular complexity index is 300. The van der Waals surface area contributed by atoms with Gasteiger partial charge < -0.3 is 9.84 Å². The van der Waals surface area contributed by atoms with Crippen molar-refractivity contribution in [1.82, 2.24) is 0 Å². The summed E-state index contributed by atoms with van der Waals surface area (Å²) in [5.41, 5.74) is 0.891. The number of halogens is 1. The standard InChI is InChI=1S/C12H17BrO2/c1-2-3-4-7-15-12-6-5-10(9-14)8-11(12)13/h5-6,8,14H,2-4,7,9H2,1H3. The molecule has 0 aliphatic rings. The predicted molar refractivity (Wildman–Crippen MR) is 65.1 cm³/mol. The molecule has 1 rings (SSSR count). The number of aliphatic hydroxyl groups is 1. The Hall–Kier alpha value is -0.540. The third kappa shape index (κ3) is 4.22. The van der Waals surface area contributed by atoms with Crippen molar-refractivity contribution in [2.75, 3.05) is 6.61 Å². The van der Waals surface area contributed by atoms with E-state index < -0.39 is 0 Å². The fourth-order valence-electron chi connectivity index (χ4n) is 1.29. The molecule has 84 valence electrons. The van der Waals surface area contributed by atoms with Gasteiger partial charge in [-0.25, -0.2) is 0 Å². The Morgan fingerprint density at radius 3 is 2.73 bits per heavy atom. The lowest BCUT2D eigenvalue weighted by atomic mass is 10.2. The SMILES string of the molecule is CCCCCOc1ccc(CO)cc1Br. The number of hydrogen-bond acceptors (Lipinski definition) is 2. The van der Waals surface area contributed by atoms with E-state index in [1.54, 1.807) is 0 Å². The van der Waals surface area contributed by atoms with Gasteiger partial charge >= 0.3 is 0 Å². The van der Waals surface area contributed by atoms with Gasteiger partial charge in [0.1, 0.15) is 5.75 Å². The normalized spacial score (nSPS) is 10.3. The molecule has 1 aromatic rings. The van der Waals surface area contributed by atoms with Crippen molar-refractivity contribution in [3.8, 4) is 5.75 Å². The van der Waals surface area contributed by atoms with Crippen LogP contribution in [0.3, 0.4) is 0 Å².